The van der Waals surface area contributed by atoms with Crippen LogP contribution in [0.2, 0.25) is 0 Å². The van der Waals surface area contributed by atoms with Gasteiger partial charge in [-0.15, -0.1) is 11.8 Å². The van der Waals surface area contributed by atoms with Gasteiger partial charge < -0.3 is 11.1 Å². The summed E-state index contributed by atoms with van der Waals surface area (Å²) in [7, 11) is 0. The van der Waals surface area contributed by atoms with E-state index in [-0.39, 0.29) is 11.9 Å². The molecule has 0 aliphatic rings. The van der Waals surface area contributed by atoms with Crippen molar-refractivity contribution in [2.45, 2.75) is 30.8 Å². The van der Waals surface area contributed by atoms with Crippen molar-refractivity contribution in [2.75, 3.05) is 12.3 Å². The zero-order valence-corrected chi connectivity index (χ0v) is 12.9. The van der Waals surface area contributed by atoms with Gasteiger partial charge in [0.2, 0.25) is 5.91 Å². The van der Waals surface area contributed by atoms with Crippen LogP contribution in [0.15, 0.2) is 35.6 Å². The number of rotatable bonds is 8. The molecule has 1 aromatic carbocycles. The predicted octanol–water partition coefficient (Wildman–Crippen LogP) is 1.97. The van der Waals surface area contributed by atoms with Crippen LogP contribution in [-0.4, -0.2) is 34.2 Å². The highest BCUT2D eigenvalue weighted by atomic mass is 32.2. The number of nitrogens with two attached hydrogens (primary N) is 1. The number of carbonyl (C=O) groups excluding carboxylic acids is 1. The first kappa shape index (κ1) is 15.7. The minimum Gasteiger partial charge on any atom is -0.368 e. The van der Waals surface area contributed by atoms with Gasteiger partial charge in [0.05, 0.1) is 11.6 Å². The van der Waals surface area contributed by atoms with Gasteiger partial charge in [0.1, 0.15) is 11.4 Å². The Morgan fingerprint density at radius 1 is 1.38 bits per heavy atom. The number of carbonyl (C=O) groups is 1. The highest BCUT2D eigenvalue weighted by Crippen LogP contribution is 2.24. The minimum atomic E-state index is -0.295. The van der Waals surface area contributed by atoms with Gasteiger partial charge >= 0.3 is 0 Å². The number of amides is 1. The van der Waals surface area contributed by atoms with Crippen molar-refractivity contribution in [2.24, 2.45) is 5.73 Å². The minimum absolute atomic E-state index is 0.273. The van der Waals surface area contributed by atoms with Crippen LogP contribution in [0.3, 0.4) is 0 Å². The lowest BCUT2D eigenvalue weighted by atomic mass is 10.2. The molecule has 5 nitrogen and oxygen atoms in total. The molecule has 0 saturated carbocycles. The van der Waals surface area contributed by atoms with Gasteiger partial charge in [-0.1, -0.05) is 25.1 Å². The maximum atomic E-state index is 11.4. The number of hydrogen-bond acceptors (Lipinski definition) is 5. The molecular weight excluding hydrogens is 284 g/mol. The summed E-state index contributed by atoms with van der Waals surface area (Å²) in [4.78, 5) is 20.0. The Kier molecular flexibility index (Phi) is 5.95. The Bertz CT molecular complexity index is 600. The van der Waals surface area contributed by atoms with E-state index in [9.17, 15) is 4.79 Å². The van der Waals surface area contributed by atoms with Gasteiger partial charge in [-0.2, -0.15) is 0 Å². The van der Waals surface area contributed by atoms with E-state index in [0.29, 0.717) is 6.42 Å². The lowest BCUT2D eigenvalue weighted by molar-refractivity contribution is -0.120. The van der Waals surface area contributed by atoms with Gasteiger partial charge in [0.25, 0.3) is 0 Å². The molecule has 2 rings (SSSR count). The fraction of sp³-hybridized carbons (Fsp3) is 0.400. The van der Waals surface area contributed by atoms with Crippen molar-refractivity contribution >= 4 is 28.6 Å². The van der Waals surface area contributed by atoms with E-state index in [1.807, 2.05) is 24.3 Å². The average Bonchev–Trinajstić information content (AvgIpc) is 2.50. The summed E-state index contributed by atoms with van der Waals surface area (Å²) in [5, 5.41) is 5.16. The third kappa shape index (κ3) is 4.41. The van der Waals surface area contributed by atoms with Crippen molar-refractivity contribution in [1.82, 2.24) is 15.3 Å². The van der Waals surface area contributed by atoms with Crippen molar-refractivity contribution in [3.63, 3.8) is 0 Å². The molecule has 1 amide bonds. The molecule has 21 heavy (non-hydrogen) atoms. The summed E-state index contributed by atoms with van der Waals surface area (Å²) in [6.07, 6.45) is 3.25. The quantitative estimate of drug-likeness (QED) is 0.575. The summed E-state index contributed by atoms with van der Waals surface area (Å²) in [5.74, 6) is 0.488. The molecule has 0 radical (unpaired) electrons. The Morgan fingerprint density at radius 3 is 2.95 bits per heavy atom. The predicted molar refractivity (Wildman–Crippen MR) is 86.2 cm³/mol. The molecule has 1 unspecified atom stereocenters. The van der Waals surface area contributed by atoms with Crippen molar-refractivity contribution in [3.8, 4) is 0 Å². The number of nitrogens with zero attached hydrogens (tertiary/aromatic N) is 2. The average molecular weight is 304 g/mol. The summed E-state index contributed by atoms with van der Waals surface area (Å²) in [5.41, 5.74) is 6.35. The molecule has 0 aliphatic heterocycles. The first-order valence-corrected chi connectivity index (χ1v) is 8.06. The molecule has 1 atom stereocenters. The molecule has 0 fully saturated rings. The largest absolute Gasteiger partial charge is 0.368 e. The van der Waals surface area contributed by atoms with Crippen LogP contribution in [0.5, 0.6) is 0 Å². The monoisotopic (exact) mass is 304 g/mol. The van der Waals surface area contributed by atoms with E-state index >= 15 is 0 Å². The first-order chi connectivity index (χ1) is 10.2. The lowest BCUT2D eigenvalue weighted by Crippen LogP contribution is -2.41. The van der Waals surface area contributed by atoms with Crippen LogP contribution in [0.25, 0.3) is 10.9 Å². The van der Waals surface area contributed by atoms with Gasteiger partial charge in [0, 0.05) is 11.1 Å². The smallest absolute Gasteiger partial charge is 0.234 e. The second kappa shape index (κ2) is 7.95. The summed E-state index contributed by atoms with van der Waals surface area (Å²) in [6.45, 7) is 2.86. The summed E-state index contributed by atoms with van der Waals surface area (Å²) in [6, 6.07) is 7.65. The molecule has 1 aromatic heterocycles. The Balaban J connectivity index is 1.96. The number of nitrogens with one attached hydrogen (secondary N) is 1. The van der Waals surface area contributed by atoms with Crippen LogP contribution in [0.4, 0.5) is 0 Å². The lowest BCUT2D eigenvalue weighted by Gasteiger charge is -2.14. The number of thioether (sulfide) groups is 1. The summed E-state index contributed by atoms with van der Waals surface area (Å²) >= 11 is 1.63. The Hall–Kier alpha value is -1.66. The van der Waals surface area contributed by atoms with E-state index < -0.39 is 0 Å². The maximum Gasteiger partial charge on any atom is 0.234 e. The normalized spacial score (nSPS) is 12.4. The fourth-order valence-electron chi connectivity index (χ4n) is 2.03. The number of fused-ring (bicyclic) bond motifs is 1. The number of para-hydroxylation sites is 1. The van der Waals surface area contributed by atoms with Crippen LogP contribution in [0, 0.1) is 0 Å². The van der Waals surface area contributed by atoms with Gasteiger partial charge in [-0.25, -0.2) is 9.97 Å². The standard InChI is InChI=1S/C15H20N4OS/c1-2-8-17-13(14(16)20)7-9-21-15-11-5-3-4-6-12(11)18-10-19-15/h3-6,10,13,17H,2,7-9H2,1H3,(H2,16,20). The third-order valence-corrected chi connectivity index (χ3v) is 4.17. The topological polar surface area (TPSA) is 80.9 Å². The van der Waals surface area contributed by atoms with Crippen LogP contribution in [-0.2, 0) is 4.79 Å². The SMILES string of the molecule is CCCNC(CCSc1ncnc2ccccc12)C(N)=O. The van der Waals surface area contributed by atoms with E-state index in [4.69, 9.17) is 5.73 Å². The second-order valence-electron chi connectivity index (χ2n) is 4.74. The first-order valence-electron chi connectivity index (χ1n) is 7.07. The number of aromatic nitrogens is 2. The molecule has 0 aliphatic carbocycles. The molecule has 0 bridgehead atoms. The maximum absolute atomic E-state index is 11.4. The van der Waals surface area contributed by atoms with Crippen LogP contribution in [0.1, 0.15) is 19.8 Å². The molecular formula is C15H20N4OS. The summed E-state index contributed by atoms with van der Waals surface area (Å²) < 4.78 is 0. The number of benzene rings is 1. The molecule has 1 heterocycles. The van der Waals surface area contributed by atoms with Crippen molar-refractivity contribution < 1.29 is 4.79 Å². The molecule has 3 N–H and O–H groups in total. The van der Waals surface area contributed by atoms with Gasteiger partial charge in [-0.05, 0) is 25.5 Å². The van der Waals surface area contributed by atoms with E-state index in [2.05, 4.69) is 22.2 Å². The zero-order valence-electron chi connectivity index (χ0n) is 12.1. The highest BCUT2D eigenvalue weighted by Gasteiger charge is 2.14. The Morgan fingerprint density at radius 2 is 2.19 bits per heavy atom. The third-order valence-electron chi connectivity index (χ3n) is 3.14. The van der Waals surface area contributed by atoms with Crippen LogP contribution >= 0.6 is 11.8 Å². The van der Waals surface area contributed by atoms with Gasteiger partial charge in [-0.3, -0.25) is 4.79 Å². The number of primary amides is 1. The molecule has 112 valence electrons. The number of hydrogen-bond donors (Lipinski definition) is 2. The van der Waals surface area contributed by atoms with E-state index in [1.54, 1.807) is 18.1 Å². The molecule has 0 saturated heterocycles. The highest BCUT2D eigenvalue weighted by molar-refractivity contribution is 7.99. The van der Waals surface area contributed by atoms with Crippen LogP contribution < -0.4 is 11.1 Å². The van der Waals surface area contributed by atoms with Gasteiger partial charge in [0.15, 0.2) is 0 Å². The zero-order chi connectivity index (χ0) is 15.1. The Labute approximate surface area is 128 Å². The van der Waals surface area contributed by atoms with E-state index in [1.165, 1.54) is 0 Å². The second-order valence-corrected chi connectivity index (χ2v) is 5.83. The van der Waals surface area contributed by atoms with Crippen molar-refractivity contribution in [3.05, 3.63) is 30.6 Å². The van der Waals surface area contributed by atoms with E-state index in [0.717, 1.165) is 34.6 Å². The molecule has 0 spiro atoms. The molecule has 6 heteroatoms. The molecule has 2 aromatic rings. The fourth-order valence-corrected chi connectivity index (χ4v) is 3.03. The van der Waals surface area contributed by atoms with Crippen molar-refractivity contribution in [1.29, 1.82) is 0 Å².